The molecule has 6 rings (SSSR count). The van der Waals surface area contributed by atoms with Crippen molar-refractivity contribution in [1.82, 2.24) is 34.8 Å². The van der Waals surface area contributed by atoms with Gasteiger partial charge in [0.1, 0.15) is 6.04 Å². The molecule has 2 aliphatic heterocycles. The molecule has 12 nitrogen and oxygen atoms in total. The lowest BCUT2D eigenvalue weighted by atomic mass is 9.98. The van der Waals surface area contributed by atoms with Gasteiger partial charge in [0.2, 0.25) is 5.91 Å². The molecule has 0 spiro atoms. The third-order valence-electron chi connectivity index (χ3n) is 8.27. The maximum atomic E-state index is 13.8. The second kappa shape index (κ2) is 13.3. The second-order valence-corrected chi connectivity index (χ2v) is 11.9. The van der Waals surface area contributed by atoms with Gasteiger partial charge in [0.15, 0.2) is 5.15 Å². The minimum Gasteiger partial charge on any atom is -0.453 e. The topological polar surface area (TPSA) is 127 Å². The Hall–Kier alpha value is -4.42. The van der Waals surface area contributed by atoms with Crippen LogP contribution in [0.5, 0.6) is 0 Å². The van der Waals surface area contributed by atoms with Crippen LogP contribution in [0.1, 0.15) is 37.3 Å². The summed E-state index contributed by atoms with van der Waals surface area (Å²) >= 11 is 12.4. The largest absolute Gasteiger partial charge is 0.453 e. The van der Waals surface area contributed by atoms with E-state index in [1.165, 1.54) is 17.9 Å². The molecule has 1 fully saturated rings. The van der Waals surface area contributed by atoms with Gasteiger partial charge in [-0.25, -0.2) is 14.5 Å². The fourth-order valence-corrected chi connectivity index (χ4v) is 6.32. The molecule has 234 valence electrons. The summed E-state index contributed by atoms with van der Waals surface area (Å²) in [6, 6.07) is 13.8. The molecule has 45 heavy (non-hydrogen) atoms. The predicted molar refractivity (Wildman–Crippen MR) is 170 cm³/mol. The highest BCUT2D eigenvalue weighted by Crippen LogP contribution is 2.31. The summed E-state index contributed by atoms with van der Waals surface area (Å²) in [5, 5.41) is 11.7. The zero-order valence-corrected chi connectivity index (χ0v) is 26.1. The number of aromatic nitrogens is 5. The highest BCUT2D eigenvalue weighted by atomic mass is 35.5. The van der Waals surface area contributed by atoms with Crippen molar-refractivity contribution in [2.75, 3.05) is 38.2 Å². The highest BCUT2D eigenvalue weighted by Gasteiger charge is 2.35. The monoisotopic (exact) mass is 650 g/mol. The molecular formula is C31H32Cl2N8O4. The quantitative estimate of drug-likeness (QED) is 0.347. The van der Waals surface area contributed by atoms with Crippen molar-refractivity contribution in [2.24, 2.45) is 0 Å². The number of methoxy groups -OCH3 is 1. The van der Waals surface area contributed by atoms with Crippen molar-refractivity contribution in [2.45, 2.75) is 37.8 Å². The van der Waals surface area contributed by atoms with Crippen molar-refractivity contribution in [1.29, 1.82) is 0 Å². The molecule has 1 N–H and O–H groups in total. The van der Waals surface area contributed by atoms with Crippen LogP contribution in [0.15, 0.2) is 65.8 Å². The SMILES string of the molecule is COC(=O)N1CCN2c3cccc(c3)C(n3cnc(-c4cc(Cl)ccc4-n4cc(Cl)nn4)cc3=O)CCCCCNC(=O)[C@H]2C1. The Morgan fingerprint density at radius 1 is 1.02 bits per heavy atom. The minimum absolute atomic E-state index is 0.130. The third kappa shape index (κ3) is 6.52. The maximum Gasteiger partial charge on any atom is 0.409 e. The summed E-state index contributed by atoms with van der Waals surface area (Å²) in [6.45, 7) is 1.61. The van der Waals surface area contributed by atoms with E-state index in [9.17, 15) is 14.4 Å². The van der Waals surface area contributed by atoms with Crippen LogP contribution in [0, 0.1) is 0 Å². The molecule has 0 aliphatic carbocycles. The molecule has 1 unspecified atom stereocenters. The van der Waals surface area contributed by atoms with Gasteiger partial charge in [-0.3, -0.25) is 14.2 Å². The minimum atomic E-state index is -0.581. The molecule has 2 aromatic heterocycles. The highest BCUT2D eigenvalue weighted by molar-refractivity contribution is 6.31. The first-order valence-corrected chi connectivity index (χ1v) is 15.5. The average Bonchev–Trinajstić information content (AvgIpc) is 3.49. The van der Waals surface area contributed by atoms with Crippen molar-refractivity contribution >= 4 is 40.9 Å². The number of anilines is 1. The number of carbonyl (C=O) groups excluding carboxylic acids is 2. The number of fused-ring (bicyclic) bond motifs is 4. The smallest absolute Gasteiger partial charge is 0.409 e. The molecule has 2 aromatic carbocycles. The van der Waals surface area contributed by atoms with Gasteiger partial charge >= 0.3 is 6.09 Å². The Bertz CT molecular complexity index is 1780. The van der Waals surface area contributed by atoms with Gasteiger partial charge in [0.05, 0.1) is 43.6 Å². The van der Waals surface area contributed by atoms with Crippen LogP contribution in [-0.2, 0) is 9.53 Å². The Morgan fingerprint density at radius 2 is 1.89 bits per heavy atom. The Morgan fingerprint density at radius 3 is 2.67 bits per heavy atom. The van der Waals surface area contributed by atoms with Gasteiger partial charge < -0.3 is 19.9 Å². The molecule has 2 bridgehead atoms. The molecule has 0 saturated carbocycles. The molecule has 2 atom stereocenters. The lowest BCUT2D eigenvalue weighted by molar-refractivity contribution is -0.123. The number of carbonyl (C=O) groups is 2. The summed E-state index contributed by atoms with van der Waals surface area (Å²) in [4.78, 5) is 47.7. The number of nitrogens with one attached hydrogen (secondary N) is 1. The number of nitrogens with zero attached hydrogens (tertiary/aromatic N) is 7. The van der Waals surface area contributed by atoms with Crippen LogP contribution in [0.2, 0.25) is 10.2 Å². The summed E-state index contributed by atoms with van der Waals surface area (Å²) in [6.07, 6.45) is 5.90. The van der Waals surface area contributed by atoms with E-state index in [-0.39, 0.29) is 29.2 Å². The first-order chi connectivity index (χ1) is 21.8. The van der Waals surface area contributed by atoms with E-state index in [4.69, 9.17) is 32.9 Å². The fourth-order valence-electron chi connectivity index (χ4n) is 6.02. The molecule has 4 heterocycles. The van der Waals surface area contributed by atoms with Crippen LogP contribution in [0.3, 0.4) is 0 Å². The summed E-state index contributed by atoms with van der Waals surface area (Å²) in [5.74, 6) is -0.130. The molecule has 2 amide bonds. The zero-order valence-electron chi connectivity index (χ0n) is 24.6. The van der Waals surface area contributed by atoms with E-state index in [1.54, 1.807) is 40.2 Å². The van der Waals surface area contributed by atoms with E-state index in [0.29, 0.717) is 48.0 Å². The van der Waals surface area contributed by atoms with Crippen molar-refractivity contribution in [3.05, 3.63) is 87.1 Å². The maximum absolute atomic E-state index is 13.8. The molecule has 14 heteroatoms. The Balaban J connectivity index is 1.36. The zero-order chi connectivity index (χ0) is 31.5. The van der Waals surface area contributed by atoms with Gasteiger partial charge in [0.25, 0.3) is 5.56 Å². The molecule has 1 saturated heterocycles. The molecule has 0 radical (unpaired) electrons. The van der Waals surface area contributed by atoms with Crippen molar-refractivity contribution < 1.29 is 14.3 Å². The van der Waals surface area contributed by atoms with Crippen LogP contribution in [0.4, 0.5) is 10.5 Å². The molecular weight excluding hydrogens is 619 g/mol. The first-order valence-electron chi connectivity index (χ1n) is 14.8. The van der Waals surface area contributed by atoms with E-state index in [2.05, 4.69) is 15.6 Å². The van der Waals surface area contributed by atoms with Gasteiger partial charge in [-0.1, -0.05) is 53.4 Å². The van der Waals surface area contributed by atoms with Crippen LogP contribution >= 0.6 is 23.2 Å². The summed E-state index contributed by atoms with van der Waals surface area (Å²) in [5.41, 5.74) is 3.23. The number of halogens is 2. The van der Waals surface area contributed by atoms with E-state index in [0.717, 1.165) is 30.5 Å². The number of ether oxygens (including phenoxy) is 1. The Labute approximate surface area is 269 Å². The predicted octanol–water partition coefficient (Wildman–Crippen LogP) is 4.33. The van der Waals surface area contributed by atoms with Gasteiger partial charge in [-0.2, -0.15) is 0 Å². The van der Waals surface area contributed by atoms with Gasteiger partial charge in [0, 0.05) is 42.0 Å². The van der Waals surface area contributed by atoms with Crippen LogP contribution in [-0.4, -0.2) is 80.8 Å². The number of amides is 2. The van der Waals surface area contributed by atoms with E-state index < -0.39 is 12.1 Å². The number of rotatable bonds is 3. The van der Waals surface area contributed by atoms with E-state index in [1.807, 2.05) is 29.2 Å². The number of piperazine rings is 1. The Kier molecular flexibility index (Phi) is 9.04. The number of benzene rings is 2. The summed E-state index contributed by atoms with van der Waals surface area (Å²) in [7, 11) is 1.34. The average molecular weight is 652 g/mol. The van der Waals surface area contributed by atoms with Crippen molar-refractivity contribution in [3.63, 3.8) is 0 Å². The van der Waals surface area contributed by atoms with Gasteiger partial charge in [-0.05, 0) is 48.7 Å². The van der Waals surface area contributed by atoms with Crippen molar-refractivity contribution in [3.8, 4) is 16.9 Å². The molecule has 2 aliphatic rings. The lowest BCUT2D eigenvalue weighted by Gasteiger charge is -2.41. The molecule has 4 aromatic rings. The standard InChI is InChI=1S/C31H32Cl2N8O4/c1-45-31(44)38-12-13-39-22-7-5-6-20(14-22)25(8-3-2-4-11-34-30(43)27(39)17-38)40-19-35-24(16-29(40)42)23-15-21(32)9-10-26(23)41-18-28(33)36-37-41/h5-7,9-10,14-16,18-19,25,27H,2-4,8,11-13,17H2,1H3,(H,34,43)/t25?,27-/m1/s1. The second-order valence-electron chi connectivity index (χ2n) is 11.0. The fraction of sp³-hybridized carbons (Fsp3) is 0.355. The summed E-state index contributed by atoms with van der Waals surface area (Å²) < 4.78 is 8.10. The number of hydrogen-bond donors (Lipinski definition) is 1. The van der Waals surface area contributed by atoms with Gasteiger partial charge in [-0.15, -0.1) is 5.10 Å². The van der Waals surface area contributed by atoms with Crippen LogP contribution < -0.4 is 15.8 Å². The third-order valence-corrected chi connectivity index (χ3v) is 8.68. The van der Waals surface area contributed by atoms with Crippen LogP contribution in [0.25, 0.3) is 16.9 Å². The lowest BCUT2D eigenvalue weighted by Crippen LogP contribution is -2.60. The van der Waals surface area contributed by atoms with E-state index >= 15 is 0 Å². The number of hydrogen-bond acceptors (Lipinski definition) is 8. The first kappa shape index (κ1) is 30.6. The normalized spacial score (nSPS) is 19.0.